The minimum absolute atomic E-state index is 0.0624. The molecule has 0 radical (unpaired) electrons. The first-order valence-corrected chi connectivity index (χ1v) is 9.48. The zero-order chi connectivity index (χ0) is 19.2. The van der Waals surface area contributed by atoms with Crippen molar-refractivity contribution in [3.63, 3.8) is 0 Å². The van der Waals surface area contributed by atoms with E-state index in [1.54, 1.807) is 13.2 Å². The number of nitrogens with one attached hydrogen (secondary N) is 1. The molecule has 142 valence electrons. The molecule has 0 bridgehead atoms. The van der Waals surface area contributed by atoms with Gasteiger partial charge in [-0.25, -0.2) is 3.96 Å². The maximum absolute atomic E-state index is 13.1. The molecule has 0 aliphatic rings. The number of hydrogen-bond donors (Lipinski definition) is 2. The second-order valence-electron chi connectivity index (χ2n) is 6.20. The number of fused-ring (bicyclic) bond motifs is 1. The van der Waals surface area contributed by atoms with Crippen LogP contribution in [-0.4, -0.2) is 41.3 Å². The van der Waals surface area contributed by atoms with Crippen LogP contribution in [0.4, 0.5) is 0 Å². The SMILES string of the molecule is COCC(CCO)NC(=O)C(c1ccccc1)n1sc2ccccc2c1=O. The highest BCUT2D eigenvalue weighted by Crippen LogP contribution is 2.25. The number of benzene rings is 2. The smallest absolute Gasteiger partial charge is 0.269 e. The van der Waals surface area contributed by atoms with E-state index in [-0.39, 0.29) is 30.7 Å². The number of carbonyl (C=O) groups excluding carboxylic acids is 1. The summed E-state index contributed by atoms with van der Waals surface area (Å²) in [5.41, 5.74) is 0.536. The molecular weight excluding hydrogens is 364 g/mol. The predicted octanol–water partition coefficient (Wildman–Crippen LogP) is 2.17. The molecule has 0 aliphatic carbocycles. The van der Waals surface area contributed by atoms with Crippen molar-refractivity contribution in [1.82, 2.24) is 9.27 Å². The maximum Gasteiger partial charge on any atom is 0.269 e. The fourth-order valence-electron chi connectivity index (χ4n) is 3.02. The summed E-state index contributed by atoms with van der Waals surface area (Å²) < 4.78 is 7.47. The lowest BCUT2D eigenvalue weighted by Gasteiger charge is -2.22. The topological polar surface area (TPSA) is 80.6 Å². The Bertz CT molecular complexity index is 945. The van der Waals surface area contributed by atoms with Gasteiger partial charge in [0, 0.05) is 13.7 Å². The molecule has 2 aromatic carbocycles. The number of aromatic nitrogens is 1. The van der Waals surface area contributed by atoms with Gasteiger partial charge in [0.1, 0.15) is 0 Å². The molecule has 0 spiro atoms. The van der Waals surface area contributed by atoms with E-state index in [0.29, 0.717) is 11.8 Å². The summed E-state index contributed by atoms with van der Waals surface area (Å²) in [6.07, 6.45) is 0.377. The van der Waals surface area contributed by atoms with Gasteiger partial charge in [0.15, 0.2) is 6.04 Å². The molecule has 1 aromatic heterocycles. The van der Waals surface area contributed by atoms with Gasteiger partial charge in [-0.05, 0) is 24.1 Å². The van der Waals surface area contributed by atoms with Crippen molar-refractivity contribution < 1.29 is 14.6 Å². The van der Waals surface area contributed by atoms with Crippen molar-refractivity contribution in [3.05, 3.63) is 70.5 Å². The van der Waals surface area contributed by atoms with Crippen LogP contribution in [0.2, 0.25) is 0 Å². The number of aliphatic hydroxyl groups is 1. The van der Waals surface area contributed by atoms with Crippen LogP contribution in [0, 0.1) is 0 Å². The zero-order valence-corrected chi connectivity index (χ0v) is 15.8. The third kappa shape index (κ3) is 4.27. The van der Waals surface area contributed by atoms with Gasteiger partial charge in [-0.15, -0.1) is 0 Å². The van der Waals surface area contributed by atoms with Gasteiger partial charge in [-0.1, -0.05) is 54.0 Å². The average Bonchev–Trinajstić information content (AvgIpc) is 3.00. The van der Waals surface area contributed by atoms with Crippen molar-refractivity contribution in [2.45, 2.75) is 18.5 Å². The normalized spacial score (nSPS) is 13.4. The van der Waals surface area contributed by atoms with Crippen LogP contribution in [0.3, 0.4) is 0 Å². The highest BCUT2D eigenvalue weighted by molar-refractivity contribution is 7.14. The van der Waals surface area contributed by atoms with Gasteiger partial charge in [-0.2, -0.15) is 0 Å². The molecule has 6 nitrogen and oxygen atoms in total. The van der Waals surface area contributed by atoms with Crippen LogP contribution >= 0.6 is 11.5 Å². The van der Waals surface area contributed by atoms with Crippen molar-refractivity contribution in [1.29, 1.82) is 0 Å². The summed E-state index contributed by atoms with van der Waals surface area (Å²) in [4.78, 5) is 26.0. The number of aliphatic hydroxyl groups excluding tert-OH is 1. The highest BCUT2D eigenvalue weighted by Gasteiger charge is 2.27. The molecule has 3 aromatic rings. The van der Waals surface area contributed by atoms with Crippen LogP contribution in [0.5, 0.6) is 0 Å². The Balaban J connectivity index is 2.02. The molecule has 7 heteroatoms. The minimum Gasteiger partial charge on any atom is -0.396 e. The Morgan fingerprint density at radius 1 is 1.19 bits per heavy atom. The predicted molar refractivity (Wildman–Crippen MR) is 106 cm³/mol. The van der Waals surface area contributed by atoms with E-state index in [1.807, 2.05) is 48.5 Å². The van der Waals surface area contributed by atoms with Gasteiger partial charge in [0.25, 0.3) is 5.56 Å². The van der Waals surface area contributed by atoms with Crippen molar-refractivity contribution in [2.75, 3.05) is 20.3 Å². The van der Waals surface area contributed by atoms with E-state index in [0.717, 1.165) is 10.3 Å². The van der Waals surface area contributed by atoms with Crippen LogP contribution in [0.1, 0.15) is 18.0 Å². The molecule has 27 heavy (non-hydrogen) atoms. The largest absolute Gasteiger partial charge is 0.396 e. The third-order valence-electron chi connectivity index (χ3n) is 4.30. The molecule has 2 N–H and O–H groups in total. The number of rotatable bonds is 8. The summed E-state index contributed by atoms with van der Waals surface area (Å²) in [6, 6.07) is 15.4. The van der Waals surface area contributed by atoms with Crippen molar-refractivity contribution in [3.8, 4) is 0 Å². The van der Waals surface area contributed by atoms with E-state index in [2.05, 4.69) is 5.32 Å². The molecular formula is C20H22N2O4S. The van der Waals surface area contributed by atoms with Gasteiger partial charge in [0.05, 0.1) is 22.7 Å². The second-order valence-corrected chi connectivity index (χ2v) is 7.22. The fraction of sp³-hybridized carbons (Fsp3) is 0.300. The maximum atomic E-state index is 13.1. The van der Waals surface area contributed by atoms with Gasteiger partial charge >= 0.3 is 0 Å². The van der Waals surface area contributed by atoms with E-state index in [4.69, 9.17) is 4.74 Å². The van der Waals surface area contributed by atoms with Gasteiger partial charge in [0.2, 0.25) is 5.91 Å². The molecule has 1 amide bonds. The standard InChI is InChI=1S/C20H22N2O4S/c1-26-13-15(11-12-23)21-19(24)18(14-7-3-2-4-8-14)22-20(25)16-9-5-6-10-17(16)27-22/h2-10,15,18,23H,11-13H2,1H3,(H,21,24). The number of carbonyl (C=O) groups is 1. The van der Waals surface area contributed by atoms with E-state index in [9.17, 15) is 14.7 Å². The van der Waals surface area contributed by atoms with Gasteiger partial charge < -0.3 is 15.2 Å². The molecule has 0 aliphatic heterocycles. The van der Waals surface area contributed by atoms with Crippen LogP contribution in [0.25, 0.3) is 10.1 Å². The van der Waals surface area contributed by atoms with Crippen LogP contribution in [-0.2, 0) is 9.53 Å². The van der Waals surface area contributed by atoms with Gasteiger partial charge in [-0.3, -0.25) is 9.59 Å². The third-order valence-corrected chi connectivity index (χ3v) is 5.43. The van der Waals surface area contributed by atoms with Crippen molar-refractivity contribution >= 4 is 27.5 Å². The first-order valence-electron chi connectivity index (χ1n) is 8.71. The van der Waals surface area contributed by atoms with Crippen LogP contribution < -0.4 is 10.9 Å². The monoisotopic (exact) mass is 386 g/mol. The lowest BCUT2D eigenvalue weighted by Crippen LogP contribution is -2.44. The number of hydrogen-bond acceptors (Lipinski definition) is 5. The Morgan fingerprint density at radius 3 is 2.56 bits per heavy atom. The first-order chi connectivity index (χ1) is 13.2. The lowest BCUT2D eigenvalue weighted by molar-refractivity contribution is -0.124. The van der Waals surface area contributed by atoms with E-state index in [1.165, 1.54) is 15.5 Å². The molecule has 2 atom stereocenters. The quantitative estimate of drug-likeness (QED) is 0.622. The molecule has 0 saturated heterocycles. The highest BCUT2D eigenvalue weighted by atomic mass is 32.1. The minimum atomic E-state index is -0.783. The first kappa shape index (κ1) is 19.3. The lowest BCUT2D eigenvalue weighted by atomic mass is 10.1. The Morgan fingerprint density at radius 2 is 1.89 bits per heavy atom. The fourth-order valence-corrected chi connectivity index (χ4v) is 4.13. The number of amides is 1. The average molecular weight is 386 g/mol. The Labute approximate surface area is 161 Å². The van der Waals surface area contributed by atoms with E-state index < -0.39 is 6.04 Å². The summed E-state index contributed by atoms with van der Waals surface area (Å²) in [7, 11) is 1.54. The Kier molecular flexibility index (Phi) is 6.39. The van der Waals surface area contributed by atoms with Crippen molar-refractivity contribution in [2.24, 2.45) is 0 Å². The molecule has 3 rings (SSSR count). The Hall–Kier alpha value is -2.48. The number of methoxy groups -OCH3 is 1. The number of ether oxygens (including phenoxy) is 1. The molecule has 2 unspecified atom stereocenters. The molecule has 1 heterocycles. The summed E-state index contributed by atoms with van der Waals surface area (Å²) in [6.45, 7) is 0.224. The summed E-state index contributed by atoms with van der Waals surface area (Å²) >= 11 is 1.27. The number of nitrogens with zero attached hydrogens (tertiary/aromatic N) is 1. The second kappa shape index (κ2) is 8.94. The molecule has 0 saturated carbocycles. The zero-order valence-electron chi connectivity index (χ0n) is 15.0. The van der Waals surface area contributed by atoms with Crippen LogP contribution in [0.15, 0.2) is 59.4 Å². The summed E-state index contributed by atoms with van der Waals surface area (Å²) in [5, 5.41) is 12.7. The van der Waals surface area contributed by atoms with E-state index >= 15 is 0 Å². The summed E-state index contributed by atoms with van der Waals surface area (Å²) in [5.74, 6) is -0.301. The molecule has 0 fully saturated rings.